The van der Waals surface area contributed by atoms with Crippen LogP contribution >= 0.6 is 11.3 Å². The summed E-state index contributed by atoms with van der Waals surface area (Å²) in [4.78, 5) is 1.26. The predicted molar refractivity (Wildman–Crippen MR) is 85.9 cm³/mol. The van der Waals surface area contributed by atoms with Gasteiger partial charge in [-0.25, -0.2) is 4.39 Å². The van der Waals surface area contributed by atoms with E-state index in [4.69, 9.17) is 0 Å². The van der Waals surface area contributed by atoms with Gasteiger partial charge in [0.1, 0.15) is 5.82 Å². The lowest BCUT2D eigenvalue weighted by Crippen LogP contribution is -2.37. The van der Waals surface area contributed by atoms with Crippen LogP contribution in [0.5, 0.6) is 0 Å². The van der Waals surface area contributed by atoms with Crippen LogP contribution in [0.4, 0.5) is 4.39 Å². The van der Waals surface area contributed by atoms with Crippen LogP contribution in [0, 0.1) is 5.82 Å². The molecular weight excluding hydrogens is 271 g/mol. The number of hydrogen-bond acceptors (Lipinski definition) is 3. The molecule has 0 aliphatic carbocycles. The van der Waals surface area contributed by atoms with Gasteiger partial charge in [-0.2, -0.15) is 0 Å². The smallest absolute Gasteiger partial charge is 0.123 e. The molecule has 4 heteroatoms. The summed E-state index contributed by atoms with van der Waals surface area (Å²) in [5, 5.41) is 7.91. The molecule has 0 bridgehead atoms. The minimum absolute atomic E-state index is 0.164. The van der Waals surface area contributed by atoms with Crippen LogP contribution in [0.3, 0.4) is 0 Å². The fraction of sp³-hybridized carbons (Fsp3) is 0.500. The van der Waals surface area contributed by atoms with Crippen molar-refractivity contribution >= 4 is 21.4 Å². The molecule has 110 valence electrons. The predicted octanol–water partition coefficient (Wildman–Crippen LogP) is 3.91. The summed E-state index contributed by atoms with van der Waals surface area (Å²) in [5.74, 6) is -0.164. The fourth-order valence-corrected chi connectivity index (χ4v) is 3.06. The van der Waals surface area contributed by atoms with Crippen molar-refractivity contribution in [2.75, 3.05) is 13.1 Å². The average Bonchev–Trinajstić information content (AvgIpc) is 2.74. The van der Waals surface area contributed by atoms with E-state index in [1.54, 1.807) is 17.4 Å². The molecule has 1 aromatic heterocycles. The van der Waals surface area contributed by atoms with Crippen LogP contribution in [0.25, 0.3) is 10.1 Å². The maximum Gasteiger partial charge on any atom is 0.123 e. The Morgan fingerprint density at radius 1 is 1.15 bits per heavy atom. The minimum atomic E-state index is -0.164. The molecule has 2 nitrogen and oxygen atoms in total. The van der Waals surface area contributed by atoms with Crippen molar-refractivity contribution in [2.45, 2.75) is 39.3 Å². The Morgan fingerprint density at radius 3 is 2.70 bits per heavy atom. The standard InChI is InChI=1S/C16H23FN2S/c1-16(2,3)19-8-4-7-18-11-14-10-12-9-13(17)5-6-15(12)20-14/h5-6,9-10,18-19H,4,7-8,11H2,1-3H3. The normalized spacial score (nSPS) is 12.2. The molecule has 0 radical (unpaired) electrons. The van der Waals surface area contributed by atoms with Gasteiger partial charge in [-0.1, -0.05) is 0 Å². The first-order chi connectivity index (χ1) is 9.44. The number of benzene rings is 1. The van der Waals surface area contributed by atoms with Crippen molar-refractivity contribution in [3.05, 3.63) is 35.0 Å². The largest absolute Gasteiger partial charge is 0.312 e. The monoisotopic (exact) mass is 294 g/mol. The number of fused-ring (bicyclic) bond motifs is 1. The number of rotatable bonds is 6. The van der Waals surface area contributed by atoms with E-state index in [9.17, 15) is 4.39 Å². The maximum absolute atomic E-state index is 13.1. The minimum Gasteiger partial charge on any atom is -0.312 e. The van der Waals surface area contributed by atoms with Gasteiger partial charge in [-0.15, -0.1) is 11.3 Å². The lowest BCUT2D eigenvalue weighted by atomic mass is 10.1. The lowest BCUT2D eigenvalue weighted by molar-refractivity contribution is 0.418. The highest BCUT2D eigenvalue weighted by Gasteiger charge is 2.07. The molecule has 0 aliphatic rings. The molecule has 0 fully saturated rings. The molecule has 0 aliphatic heterocycles. The van der Waals surface area contributed by atoms with Crippen LogP contribution in [0.2, 0.25) is 0 Å². The third kappa shape index (κ3) is 4.85. The molecule has 0 saturated heterocycles. The second-order valence-electron chi connectivity index (χ2n) is 6.10. The van der Waals surface area contributed by atoms with Crippen LogP contribution < -0.4 is 10.6 Å². The summed E-state index contributed by atoms with van der Waals surface area (Å²) in [6.45, 7) is 9.40. The molecule has 1 aromatic carbocycles. The van der Waals surface area contributed by atoms with Gasteiger partial charge in [0, 0.05) is 21.7 Å². The Morgan fingerprint density at radius 2 is 1.95 bits per heavy atom. The van der Waals surface area contributed by atoms with Gasteiger partial charge in [0.05, 0.1) is 0 Å². The number of hydrogen-bond donors (Lipinski definition) is 2. The van der Waals surface area contributed by atoms with Gasteiger partial charge in [-0.05, 0) is 69.9 Å². The van der Waals surface area contributed by atoms with Gasteiger partial charge >= 0.3 is 0 Å². The molecule has 2 N–H and O–H groups in total. The molecule has 20 heavy (non-hydrogen) atoms. The Balaban J connectivity index is 1.73. The number of nitrogens with one attached hydrogen (secondary N) is 2. The highest BCUT2D eigenvalue weighted by Crippen LogP contribution is 2.26. The first-order valence-electron chi connectivity index (χ1n) is 7.08. The van der Waals surface area contributed by atoms with Crippen LogP contribution in [0.1, 0.15) is 32.1 Å². The Kier molecular flexibility index (Phi) is 5.13. The molecule has 2 aromatic rings. The SMILES string of the molecule is CC(C)(C)NCCCNCc1cc2cc(F)ccc2s1. The Bertz CT molecular complexity index is 557. The zero-order valence-corrected chi connectivity index (χ0v) is 13.2. The van der Waals surface area contributed by atoms with Crippen molar-refractivity contribution in [3.8, 4) is 0 Å². The maximum atomic E-state index is 13.1. The molecule has 0 atom stereocenters. The topological polar surface area (TPSA) is 24.1 Å². The fourth-order valence-electron chi connectivity index (χ4n) is 2.04. The van der Waals surface area contributed by atoms with E-state index < -0.39 is 0 Å². The number of thiophene rings is 1. The average molecular weight is 294 g/mol. The zero-order valence-electron chi connectivity index (χ0n) is 12.4. The quantitative estimate of drug-likeness (QED) is 0.789. The van der Waals surface area contributed by atoms with Crippen molar-refractivity contribution < 1.29 is 4.39 Å². The van der Waals surface area contributed by atoms with E-state index in [1.807, 2.05) is 6.07 Å². The summed E-state index contributed by atoms with van der Waals surface area (Å²) in [6.07, 6.45) is 1.11. The third-order valence-electron chi connectivity index (χ3n) is 3.01. The lowest BCUT2D eigenvalue weighted by Gasteiger charge is -2.20. The van der Waals surface area contributed by atoms with E-state index in [0.717, 1.165) is 36.1 Å². The van der Waals surface area contributed by atoms with Crippen LogP contribution in [-0.2, 0) is 6.54 Å². The Hall–Kier alpha value is -0.970. The van der Waals surface area contributed by atoms with E-state index >= 15 is 0 Å². The molecule has 0 amide bonds. The molecular formula is C16H23FN2S. The zero-order chi connectivity index (χ0) is 14.6. The summed E-state index contributed by atoms with van der Waals surface area (Å²) in [6, 6.07) is 7.05. The van der Waals surface area contributed by atoms with Crippen molar-refractivity contribution in [1.29, 1.82) is 0 Å². The summed E-state index contributed by atoms with van der Waals surface area (Å²) >= 11 is 1.73. The molecule has 0 spiro atoms. The number of halogens is 1. The van der Waals surface area contributed by atoms with Crippen LogP contribution in [-0.4, -0.2) is 18.6 Å². The second kappa shape index (κ2) is 6.66. The highest BCUT2D eigenvalue weighted by molar-refractivity contribution is 7.19. The molecule has 0 unspecified atom stereocenters. The van der Waals surface area contributed by atoms with E-state index in [0.29, 0.717) is 0 Å². The van der Waals surface area contributed by atoms with E-state index in [2.05, 4.69) is 37.5 Å². The van der Waals surface area contributed by atoms with Gasteiger partial charge in [0.15, 0.2) is 0 Å². The van der Waals surface area contributed by atoms with E-state index in [-0.39, 0.29) is 11.4 Å². The van der Waals surface area contributed by atoms with Gasteiger partial charge in [0.2, 0.25) is 0 Å². The van der Waals surface area contributed by atoms with Crippen molar-refractivity contribution in [2.24, 2.45) is 0 Å². The molecule has 1 heterocycles. The van der Waals surface area contributed by atoms with Crippen molar-refractivity contribution in [1.82, 2.24) is 10.6 Å². The summed E-state index contributed by atoms with van der Waals surface area (Å²) < 4.78 is 14.3. The van der Waals surface area contributed by atoms with Gasteiger partial charge < -0.3 is 10.6 Å². The summed E-state index contributed by atoms with van der Waals surface area (Å²) in [5.41, 5.74) is 0.190. The van der Waals surface area contributed by atoms with Crippen LogP contribution in [0.15, 0.2) is 24.3 Å². The first-order valence-corrected chi connectivity index (χ1v) is 7.89. The van der Waals surface area contributed by atoms with Crippen molar-refractivity contribution in [3.63, 3.8) is 0 Å². The Labute approximate surface area is 124 Å². The molecule has 0 saturated carbocycles. The van der Waals surface area contributed by atoms with Gasteiger partial charge in [0.25, 0.3) is 0 Å². The summed E-state index contributed by atoms with van der Waals surface area (Å²) in [7, 11) is 0. The highest BCUT2D eigenvalue weighted by atomic mass is 32.1. The first kappa shape index (κ1) is 15.4. The van der Waals surface area contributed by atoms with Gasteiger partial charge in [-0.3, -0.25) is 0 Å². The second-order valence-corrected chi connectivity index (χ2v) is 7.27. The third-order valence-corrected chi connectivity index (χ3v) is 4.13. The molecule has 2 rings (SSSR count). The van der Waals surface area contributed by atoms with E-state index in [1.165, 1.54) is 10.9 Å².